The van der Waals surface area contributed by atoms with Crippen molar-refractivity contribution < 1.29 is 5.11 Å². The van der Waals surface area contributed by atoms with Crippen molar-refractivity contribution in [2.45, 2.75) is 45.3 Å². The lowest BCUT2D eigenvalue weighted by Gasteiger charge is -2.19. The Bertz CT molecular complexity index is 1830. The van der Waals surface area contributed by atoms with Gasteiger partial charge in [0, 0.05) is 12.0 Å². The van der Waals surface area contributed by atoms with Crippen molar-refractivity contribution in [2.75, 3.05) is 0 Å². The zero-order valence-electron chi connectivity index (χ0n) is 22.4. The van der Waals surface area contributed by atoms with E-state index in [-0.39, 0.29) is 6.04 Å². The van der Waals surface area contributed by atoms with Gasteiger partial charge in [0.25, 0.3) is 0 Å². The van der Waals surface area contributed by atoms with E-state index in [9.17, 15) is 5.11 Å². The van der Waals surface area contributed by atoms with Crippen molar-refractivity contribution in [2.24, 2.45) is 0 Å². The number of aliphatic hydroxyl groups excluding tert-OH is 1. The van der Waals surface area contributed by atoms with Gasteiger partial charge in [-0.3, -0.25) is 0 Å². The van der Waals surface area contributed by atoms with Gasteiger partial charge in [0.05, 0.1) is 11.7 Å². The van der Waals surface area contributed by atoms with E-state index in [1.807, 2.05) is 54.6 Å². The normalized spacial score (nSPS) is 15.4. The van der Waals surface area contributed by atoms with Crippen molar-refractivity contribution in [3.05, 3.63) is 113 Å². The third-order valence-electron chi connectivity index (χ3n) is 7.97. The summed E-state index contributed by atoms with van der Waals surface area (Å²) in [6, 6.07) is 26.7. The predicted molar refractivity (Wildman–Crippen MR) is 154 cm³/mol. The second kappa shape index (κ2) is 9.81. The molecule has 3 aromatic carbocycles. The lowest BCUT2D eigenvalue weighted by Crippen LogP contribution is -2.12. The molecule has 2 atom stereocenters. The summed E-state index contributed by atoms with van der Waals surface area (Å²) in [5, 5.41) is 25.9. The molecule has 8 heteroatoms. The van der Waals surface area contributed by atoms with Gasteiger partial charge in [0.2, 0.25) is 5.82 Å². The highest BCUT2D eigenvalue weighted by Crippen LogP contribution is 2.41. The van der Waals surface area contributed by atoms with Crippen LogP contribution in [0.1, 0.15) is 59.3 Å². The van der Waals surface area contributed by atoms with Crippen LogP contribution in [-0.4, -0.2) is 40.3 Å². The molecule has 0 bridgehead atoms. The van der Waals surface area contributed by atoms with Crippen molar-refractivity contribution in [1.82, 2.24) is 35.2 Å². The number of nitrogens with one attached hydrogen (secondary N) is 1. The van der Waals surface area contributed by atoms with Crippen LogP contribution >= 0.6 is 0 Å². The van der Waals surface area contributed by atoms with Gasteiger partial charge in [0.1, 0.15) is 17.4 Å². The highest BCUT2D eigenvalue weighted by Gasteiger charge is 2.29. The van der Waals surface area contributed by atoms with Gasteiger partial charge in [-0.05, 0) is 64.4 Å². The summed E-state index contributed by atoms with van der Waals surface area (Å²) in [5.41, 5.74) is 10.0. The molecule has 0 amide bonds. The molecular formula is C32H29N7O. The molecule has 1 aliphatic rings. The van der Waals surface area contributed by atoms with Crippen LogP contribution in [0.15, 0.2) is 78.9 Å². The average molecular weight is 528 g/mol. The maximum Gasteiger partial charge on any atom is 0.205 e. The summed E-state index contributed by atoms with van der Waals surface area (Å²) in [6.45, 7) is 4.19. The van der Waals surface area contributed by atoms with E-state index < -0.39 is 6.10 Å². The van der Waals surface area contributed by atoms with Crippen LogP contribution in [0.25, 0.3) is 33.7 Å². The minimum absolute atomic E-state index is 0.132. The van der Waals surface area contributed by atoms with Gasteiger partial charge >= 0.3 is 0 Å². The van der Waals surface area contributed by atoms with Crippen LogP contribution in [-0.2, 0) is 12.8 Å². The van der Waals surface area contributed by atoms with Crippen molar-refractivity contribution in [3.63, 3.8) is 0 Å². The van der Waals surface area contributed by atoms with E-state index in [2.05, 4.69) is 63.3 Å². The zero-order chi connectivity index (χ0) is 27.2. The van der Waals surface area contributed by atoms with Crippen LogP contribution in [0.4, 0.5) is 0 Å². The predicted octanol–water partition coefficient (Wildman–Crippen LogP) is 5.77. The number of rotatable bonds is 6. The number of pyridine rings is 1. The molecular weight excluding hydrogens is 498 g/mol. The molecule has 2 N–H and O–H groups in total. The topological polar surface area (TPSA) is 105 Å². The number of aromatic amines is 1. The second-order valence-electron chi connectivity index (χ2n) is 10.4. The van der Waals surface area contributed by atoms with Gasteiger partial charge < -0.3 is 9.67 Å². The fourth-order valence-electron chi connectivity index (χ4n) is 6.04. The van der Waals surface area contributed by atoms with E-state index in [0.29, 0.717) is 11.5 Å². The maximum atomic E-state index is 11.2. The van der Waals surface area contributed by atoms with E-state index in [0.717, 1.165) is 64.1 Å². The van der Waals surface area contributed by atoms with E-state index in [1.165, 1.54) is 11.1 Å². The number of hydrogen-bond donors (Lipinski definition) is 2. The first-order chi connectivity index (χ1) is 19.6. The summed E-state index contributed by atoms with van der Waals surface area (Å²) in [4.78, 5) is 10.1. The first-order valence-electron chi connectivity index (χ1n) is 13.7. The molecule has 3 aromatic heterocycles. The third-order valence-corrected chi connectivity index (χ3v) is 7.97. The Labute approximate surface area is 231 Å². The van der Waals surface area contributed by atoms with Crippen LogP contribution in [0.2, 0.25) is 0 Å². The molecule has 6 aromatic rings. The molecule has 198 valence electrons. The number of aliphatic hydroxyl groups is 1. The van der Waals surface area contributed by atoms with Crippen molar-refractivity contribution in [1.29, 1.82) is 0 Å². The molecule has 0 aliphatic heterocycles. The quantitative estimate of drug-likeness (QED) is 0.285. The Morgan fingerprint density at radius 3 is 2.55 bits per heavy atom. The van der Waals surface area contributed by atoms with Gasteiger partial charge in [-0.15, -0.1) is 10.2 Å². The molecule has 0 unspecified atom stereocenters. The molecule has 7 rings (SSSR count). The Balaban J connectivity index is 1.31. The number of imidazole rings is 1. The van der Waals surface area contributed by atoms with Gasteiger partial charge in [-0.2, -0.15) is 5.21 Å². The van der Waals surface area contributed by atoms with Crippen LogP contribution < -0.4 is 0 Å². The smallest absolute Gasteiger partial charge is 0.205 e. The maximum absolute atomic E-state index is 11.2. The molecule has 0 saturated heterocycles. The first kappa shape index (κ1) is 24.4. The summed E-state index contributed by atoms with van der Waals surface area (Å²) < 4.78 is 2.31. The summed E-state index contributed by atoms with van der Waals surface area (Å²) in [6.07, 6.45) is 1.94. The van der Waals surface area contributed by atoms with Crippen LogP contribution in [0, 0.1) is 6.92 Å². The highest BCUT2D eigenvalue weighted by atomic mass is 16.3. The average Bonchev–Trinajstić information content (AvgIpc) is 3.75. The Hall–Kier alpha value is -4.69. The number of benzene rings is 3. The molecule has 1 aliphatic carbocycles. The molecule has 40 heavy (non-hydrogen) atoms. The van der Waals surface area contributed by atoms with Crippen molar-refractivity contribution >= 4 is 11.2 Å². The summed E-state index contributed by atoms with van der Waals surface area (Å²) >= 11 is 0. The number of aryl methyl sites for hydroxylation is 3. The van der Waals surface area contributed by atoms with Crippen LogP contribution in [0.3, 0.4) is 0 Å². The van der Waals surface area contributed by atoms with E-state index in [4.69, 9.17) is 9.97 Å². The number of aromatic nitrogens is 7. The minimum atomic E-state index is -0.796. The fourth-order valence-corrected chi connectivity index (χ4v) is 6.04. The number of fused-ring (bicyclic) bond motifs is 2. The molecule has 3 heterocycles. The third kappa shape index (κ3) is 3.99. The molecule has 0 spiro atoms. The van der Waals surface area contributed by atoms with Crippen LogP contribution in [0.5, 0.6) is 0 Å². The van der Waals surface area contributed by atoms with E-state index >= 15 is 0 Å². The lowest BCUT2D eigenvalue weighted by molar-refractivity contribution is 0.215. The Kier molecular flexibility index (Phi) is 5.97. The highest BCUT2D eigenvalue weighted by molar-refractivity contribution is 5.81. The standard InChI is InChI=1S/C32H29N7O/c1-3-28-34-29-19(2)17-26(30(40)20-9-5-4-6-10-20)33-32(29)39(28)27-16-14-22-18-21(13-15-24(22)27)23-11-7-8-12-25(23)31-35-37-38-36-31/h4-13,15,17-18,27,30,40H,3,14,16H2,1-2H3,(H,35,36,37,38)/t27-,30+/m0/s1. The molecule has 0 radical (unpaired) electrons. The van der Waals surface area contributed by atoms with Gasteiger partial charge in [-0.1, -0.05) is 79.7 Å². The molecule has 0 saturated carbocycles. The lowest BCUT2D eigenvalue weighted by atomic mass is 9.96. The fraction of sp³-hybridized carbons (Fsp3) is 0.219. The van der Waals surface area contributed by atoms with E-state index in [1.54, 1.807) is 0 Å². The number of H-pyrrole nitrogens is 1. The number of nitrogens with zero attached hydrogens (tertiary/aromatic N) is 6. The first-order valence-corrected chi connectivity index (χ1v) is 13.7. The molecule has 0 fully saturated rings. The van der Waals surface area contributed by atoms with Gasteiger partial charge in [-0.25, -0.2) is 9.97 Å². The second-order valence-corrected chi connectivity index (χ2v) is 10.4. The monoisotopic (exact) mass is 527 g/mol. The number of hydrogen-bond acceptors (Lipinski definition) is 6. The SMILES string of the molecule is CCc1nc2c(C)cc([C@H](O)c3ccccc3)nc2n1[C@H]1CCc2cc(-c3ccccc3-c3nn[nH]n3)ccc21. The zero-order valence-corrected chi connectivity index (χ0v) is 22.4. The Morgan fingerprint density at radius 2 is 1.77 bits per heavy atom. The summed E-state index contributed by atoms with van der Waals surface area (Å²) in [7, 11) is 0. The number of tetrazole rings is 1. The van der Waals surface area contributed by atoms with Crippen molar-refractivity contribution in [3.8, 4) is 22.5 Å². The molecule has 8 nitrogen and oxygen atoms in total. The van der Waals surface area contributed by atoms with Gasteiger partial charge in [0.15, 0.2) is 5.65 Å². The Morgan fingerprint density at radius 1 is 0.975 bits per heavy atom. The largest absolute Gasteiger partial charge is 0.382 e. The summed E-state index contributed by atoms with van der Waals surface area (Å²) in [5.74, 6) is 1.60. The minimum Gasteiger partial charge on any atom is -0.382 e.